The molecular formula is C19H23F2N3O5. The van der Waals surface area contributed by atoms with Crippen molar-refractivity contribution in [2.45, 2.75) is 25.4 Å². The third kappa shape index (κ3) is 4.57. The lowest BCUT2D eigenvalue weighted by molar-refractivity contribution is -0.142. The van der Waals surface area contributed by atoms with Gasteiger partial charge in [0.25, 0.3) is 0 Å². The number of halogens is 2. The summed E-state index contributed by atoms with van der Waals surface area (Å²) in [6.07, 6.45) is -0.780. The van der Waals surface area contributed by atoms with Crippen molar-refractivity contribution < 1.29 is 32.6 Å². The zero-order valence-corrected chi connectivity index (χ0v) is 16.2. The van der Waals surface area contributed by atoms with Gasteiger partial charge in [0.2, 0.25) is 5.91 Å². The molecule has 3 rings (SSSR count). The predicted octanol–water partition coefficient (Wildman–Crippen LogP) is 1.39. The molecule has 0 aliphatic carbocycles. The molecule has 0 aromatic heterocycles. The quantitative estimate of drug-likeness (QED) is 0.754. The third-order valence-electron chi connectivity index (χ3n) is 5.11. The molecule has 0 saturated carbocycles. The number of methoxy groups -OCH3 is 1. The molecule has 158 valence electrons. The number of carbonyl (C=O) groups is 3. The van der Waals surface area contributed by atoms with Crippen LogP contribution in [0.2, 0.25) is 0 Å². The van der Waals surface area contributed by atoms with Gasteiger partial charge in [-0.2, -0.15) is 0 Å². The Balaban J connectivity index is 1.71. The number of nitrogens with one attached hydrogen (secondary N) is 1. The lowest BCUT2D eigenvalue weighted by atomic mass is 9.94. The minimum atomic E-state index is -0.789. The van der Waals surface area contributed by atoms with Crippen molar-refractivity contribution in [3.05, 3.63) is 29.3 Å². The SMILES string of the molecule is COC(=O)N1CCN(c2c(F)cc(C3C[C@H](CNC(C)=O)OC3=O)cc2F)CC1. The molecule has 2 aliphatic heterocycles. The van der Waals surface area contributed by atoms with Gasteiger partial charge in [0, 0.05) is 39.5 Å². The van der Waals surface area contributed by atoms with Crippen LogP contribution < -0.4 is 10.2 Å². The maximum absolute atomic E-state index is 14.8. The summed E-state index contributed by atoms with van der Waals surface area (Å²) in [7, 11) is 1.28. The maximum Gasteiger partial charge on any atom is 0.409 e. The van der Waals surface area contributed by atoms with Crippen LogP contribution in [0.1, 0.15) is 24.8 Å². The lowest BCUT2D eigenvalue weighted by Crippen LogP contribution is -2.49. The number of hydrogen-bond acceptors (Lipinski definition) is 6. The van der Waals surface area contributed by atoms with Crippen LogP contribution in [0.3, 0.4) is 0 Å². The van der Waals surface area contributed by atoms with Crippen LogP contribution in [0.25, 0.3) is 0 Å². The van der Waals surface area contributed by atoms with Crippen LogP contribution in [0.15, 0.2) is 12.1 Å². The molecule has 0 radical (unpaired) electrons. The van der Waals surface area contributed by atoms with E-state index in [9.17, 15) is 23.2 Å². The summed E-state index contributed by atoms with van der Waals surface area (Å²) in [5, 5.41) is 2.56. The number of anilines is 1. The van der Waals surface area contributed by atoms with Gasteiger partial charge in [-0.1, -0.05) is 0 Å². The minimum Gasteiger partial charge on any atom is -0.460 e. The van der Waals surface area contributed by atoms with E-state index in [1.807, 2.05) is 0 Å². The number of carbonyl (C=O) groups excluding carboxylic acids is 3. The van der Waals surface area contributed by atoms with Crippen molar-refractivity contribution in [3.8, 4) is 0 Å². The first-order valence-corrected chi connectivity index (χ1v) is 9.32. The summed E-state index contributed by atoms with van der Waals surface area (Å²) in [5.74, 6) is -3.16. The number of piperazine rings is 1. The number of benzene rings is 1. The van der Waals surface area contributed by atoms with Gasteiger partial charge in [-0.05, 0) is 17.7 Å². The molecule has 8 nitrogen and oxygen atoms in total. The van der Waals surface area contributed by atoms with Gasteiger partial charge in [0.15, 0.2) is 0 Å². The Kier molecular flexibility index (Phi) is 6.19. The van der Waals surface area contributed by atoms with Crippen LogP contribution >= 0.6 is 0 Å². The second-order valence-corrected chi connectivity index (χ2v) is 7.06. The average Bonchev–Trinajstić information content (AvgIpc) is 3.06. The first-order chi connectivity index (χ1) is 13.8. The lowest BCUT2D eigenvalue weighted by Gasteiger charge is -2.35. The highest BCUT2D eigenvalue weighted by Gasteiger charge is 2.37. The molecule has 2 saturated heterocycles. The van der Waals surface area contributed by atoms with Gasteiger partial charge in [0.05, 0.1) is 19.6 Å². The molecule has 1 aromatic carbocycles. The van der Waals surface area contributed by atoms with Crippen molar-refractivity contribution in [1.82, 2.24) is 10.2 Å². The Labute approximate surface area is 166 Å². The molecule has 29 heavy (non-hydrogen) atoms. The Bertz CT molecular complexity index is 788. The summed E-state index contributed by atoms with van der Waals surface area (Å²) >= 11 is 0. The summed E-state index contributed by atoms with van der Waals surface area (Å²) in [6.45, 7) is 2.59. The van der Waals surface area contributed by atoms with Gasteiger partial charge in [-0.15, -0.1) is 0 Å². The monoisotopic (exact) mass is 411 g/mol. The van der Waals surface area contributed by atoms with Gasteiger partial charge < -0.3 is 24.6 Å². The largest absolute Gasteiger partial charge is 0.460 e. The van der Waals surface area contributed by atoms with E-state index in [1.54, 1.807) is 0 Å². The van der Waals surface area contributed by atoms with Crippen LogP contribution in [0.5, 0.6) is 0 Å². The molecule has 2 amide bonds. The van der Waals surface area contributed by atoms with Gasteiger partial charge >= 0.3 is 12.1 Å². The second kappa shape index (κ2) is 8.62. The fourth-order valence-electron chi connectivity index (χ4n) is 3.64. The van der Waals surface area contributed by atoms with E-state index in [1.165, 1.54) is 23.8 Å². The third-order valence-corrected chi connectivity index (χ3v) is 5.11. The summed E-state index contributed by atoms with van der Waals surface area (Å²) in [5.41, 5.74) is 0.0201. The highest BCUT2D eigenvalue weighted by Crippen LogP contribution is 2.34. The highest BCUT2D eigenvalue weighted by molar-refractivity contribution is 5.81. The zero-order chi connectivity index (χ0) is 21.1. The zero-order valence-electron chi connectivity index (χ0n) is 16.2. The number of nitrogens with zero attached hydrogens (tertiary/aromatic N) is 2. The summed E-state index contributed by atoms with van der Waals surface area (Å²) in [6, 6.07) is 2.30. The molecule has 2 fully saturated rings. The Morgan fingerprint density at radius 1 is 1.21 bits per heavy atom. The van der Waals surface area contributed by atoms with Crippen molar-refractivity contribution >= 4 is 23.7 Å². The van der Waals surface area contributed by atoms with Gasteiger partial charge in [0.1, 0.15) is 23.4 Å². The average molecular weight is 411 g/mol. The van der Waals surface area contributed by atoms with Crippen molar-refractivity contribution in [3.63, 3.8) is 0 Å². The minimum absolute atomic E-state index is 0.158. The summed E-state index contributed by atoms with van der Waals surface area (Å²) in [4.78, 5) is 37.7. The van der Waals surface area contributed by atoms with Gasteiger partial charge in [-0.25, -0.2) is 13.6 Å². The standard InChI is InChI=1S/C19H23F2N3O5/c1-11(25)22-10-13-9-14(18(26)29-13)12-7-15(20)17(16(21)8-12)23-3-5-24(6-4-23)19(27)28-2/h7-8,13-14H,3-6,9-10H2,1-2H3,(H,22,25)/t13-,14?/m1/s1. The van der Waals surface area contributed by atoms with E-state index >= 15 is 0 Å². The Morgan fingerprint density at radius 3 is 2.38 bits per heavy atom. The number of rotatable bonds is 4. The number of ether oxygens (including phenoxy) is 2. The molecule has 1 aromatic rings. The predicted molar refractivity (Wildman–Crippen MR) is 98.5 cm³/mol. The molecular weight excluding hydrogens is 388 g/mol. The van der Waals surface area contributed by atoms with Crippen molar-refractivity contribution in [1.29, 1.82) is 0 Å². The summed E-state index contributed by atoms with van der Waals surface area (Å²) < 4.78 is 39.4. The van der Waals surface area contributed by atoms with E-state index in [4.69, 9.17) is 4.74 Å². The number of esters is 1. The maximum atomic E-state index is 14.8. The molecule has 0 spiro atoms. The number of hydrogen-bond donors (Lipinski definition) is 1. The molecule has 10 heteroatoms. The number of cyclic esters (lactones) is 1. The molecule has 0 bridgehead atoms. The van der Waals surface area contributed by atoms with E-state index in [2.05, 4.69) is 10.1 Å². The fraction of sp³-hybridized carbons (Fsp3) is 0.526. The van der Waals surface area contributed by atoms with E-state index < -0.39 is 35.7 Å². The van der Waals surface area contributed by atoms with Crippen LogP contribution in [-0.4, -0.2) is 68.8 Å². The fourth-order valence-corrected chi connectivity index (χ4v) is 3.64. The molecule has 1 N–H and O–H groups in total. The van der Waals surface area contributed by atoms with E-state index in [0.29, 0.717) is 0 Å². The van der Waals surface area contributed by atoms with Crippen molar-refractivity contribution in [2.75, 3.05) is 44.7 Å². The van der Waals surface area contributed by atoms with Crippen molar-refractivity contribution in [2.24, 2.45) is 0 Å². The normalized spacial score (nSPS) is 21.7. The first kappa shape index (κ1) is 20.8. The van der Waals surface area contributed by atoms with E-state index in [-0.39, 0.29) is 56.3 Å². The molecule has 1 unspecified atom stereocenters. The topological polar surface area (TPSA) is 88.2 Å². The first-order valence-electron chi connectivity index (χ1n) is 9.32. The van der Waals surface area contributed by atoms with Gasteiger partial charge in [-0.3, -0.25) is 9.59 Å². The smallest absolute Gasteiger partial charge is 0.409 e. The van der Waals surface area contributed by atoms with Crippen LogP contribution in [0, 0.1) is 11.6 Å². The van der Waals surface area contributed by atoms with E-state index in [0.717, 1.165) is 12.1 Å². The molecule has 2 heterocycles. The Morgan fingerprint density at radius 2 is 1.83 bits per heavy atom. The van der Waals surface area contributed by atoms with Crippen LogP contribution in [0.4, 0.5) is 19.3 Å². The molecule has 2 aliphatic rings. The Hall–Kier alpha value is -2.91. The highest BCUT2D eigenvalue weighted by atomic mass is 19.1. The number of amides is 2. The molecule has 2 atom stereocenters. The second-order valence-electron chi connectivity index (χ2n) is 7.06. The van der Waals surface area contributed by atoms with Crippen LogP contribution in [-0.2, 0) is 19.1 Å².